The van der Waals surface area contributed by atoms with Crippen molar-refractivity contribution in [3.05, 3.63) is 0 Å². The van der Waals surface area contributed by atoms with E-state index in [0.29, 0.717) is 0 Å². The van der Waals surface area contributed by atoms with Gasteiger partial charge in [0.1, 0.15) is 24.1 Å². The molecule has 0 spiro atoms. The minimum absolute atomic E-state index is 0.0215. The van der Waals surface area contributed by atoms with Crippen molar-refractivity contribution in [2.45, 2.75) is 57.4 Å². The molecule has 0 aromatic rings. The lowest BCUT2D eigenvalue weighted by atomic mass is 10.0. The normalized spacial score (nSPS) is 36.0. The minimum Gasteiger partial charge on any atom is -0.366 e. The van der Waals surface area contributed by atoms with Crippen LogP contribution in [0.25, 0.3) is 0 Å². The highest BCUT2D eigenvalue weighted by atomic mass is 32.2. The summed E-state index contributed by atoms with van der Waals surface area (Å²) in [5.41, 5.74) is 0. The summed E-state index contributed by atoms with van der Waals surface area (Å²) in [5, 5.41) is 0. The fraction of sp³-hybridized carbons (Fsp3) is 0.917. The van der Waals surface area contributed by atoms with Crippen LogP contribution in [0.2, 0.25) is 0 Å². The molecule has 4 atom stereocenters. The lowest BCUT2D eigenvalue weighted by molar-refractivity contribution is -0.190. The number of rotatable bonds is 5. The van der Waals surface area contributed by atoms with Crippen molar-refractivity contribution in [2.24, 2.45) is 0 Å². The Morgan fingerprint density at radius 2 is 1.75 bits per heavy atom. The van der Waals surface area contributed by atoms with Crippen LogP contribution in [-0.4, -0.2) is 57.3 Å². The van der Waals surface area contributed by atoms with Crippen LogP contribution >= 0.6 is 0 Å². The molecular weight excluding hydrogens is 288 g/mol. The second-order valence-electron chi connectivity index (χ2n) is 5.67. The predicted molar refractivity (Wildman–Crippen MR) is 68.6 cm³/mol. The Morgan fingerprint density at radius 1 is 1.20 bits per heavy atom. The zero-order valence-electron chi connectivity index (χ0n) is 12.0. The van der Waals surface area contributed by atoms with E-state index in [-0.39, 0.29) is 24.9 Å². The van der Waals surface area contributed by atoms with Gasteiger partial charge in [-0.25, -0.2) is 0 Å². The highest BCUT2D eigenvalue weighted by Gasteiger charge is 2.55. The van der Waals surface area contributed by atoms with Gasteiger partial charge in [0.2, 0.25) is 0 Å². The molecule has 0 saturated carbocycles. The van der Waals surface area contributed by atoms with Gasteiger partial charge in [-0.2, -0.15) is 8.42 Å². The van der Waals surface area contributed by atoms with E-state index in [1.807, 2.05) is 0 Å². The van der Waals surface area contributed by atoms with Gasteiger partial charge in [0.25, 0.3) is 10.1 Å². The first kappa shape index (κ1) is 15.8. The van der Waals surface area contributed by atoms with E-state index in [9.17, 15) is 13.2 Å². The van der Waals surface area contributed by atoms with Crippen molar-refractivity contribution in [3.63, 3.8) is 0 Å². The van der Waals surface area contributed by atoms with Gasteiger partial charge >= 0.3 is 0 Å². The van der Waals surface area contributed by atoms with Crippen LogP contribution in [0.3, 0.4) is 0 Å². The van der Waals surface area contributed by atoms with Gasteiger partial charge < -0.3 is 14.2 Å². The van der Waals surface area contributed by atoms with Crippen LogP contribution in [-0.2, 0) is 33.3 Å². The number of fused-ring (bicyclic) bond motifs is 1. The first-order chi connectivity index (χ1) is 9.07. The molecule has 2 saturated heterocycles. The SMILES string of the molecule is CC(=O)C[C@@H]1O[C@H](COS(C)(=O)=O)[C@H]2OC(C)(C)O[C@H]21. The summed E-state index contributed by atoms with van der Waals surface area (Å²) in [6.07, 6.45) is -0.648. The summed E-state index contributed by atoms with van der Waals surface area (Å²) in [5.74, 6) is -0.802. The summed E-state index contributed by atoms with van der Waals surface area (Å²) in [6, 6.07) is 0. The number of Topliss-reactive ketones (excluding diaryl/α,β-unsaturated/α-hetero) is 1. The summed E-state index contributed by atoms with van der Waals surface area (Å²) < 4.78 is 44.0. The number of carbonyl (C=O) groups excluding carboxylic acids is 1. The van der Waals surface area contributed by atoms with Gasteiger partial charge in [-0.05, 0) is 20.8 Å². The van der Waals surface area contributed by atoms with Crippen molar-refractivity contribution < 1.29 is 31.6 Å². The smallest absolute Gasteiger partial charge is 0.264 e. The minimum atomic E-state index is -3.55. The molecule has 116 valence electrons. The second kappa shape index (κ2) is 5.34. The average Bonchev–Trinajstić information content (AvgIpc) is 2.69. The molecule has 2 rings (SSSR count). The quantitative estimate of drug-likeness (QED) is 0.672. The molecule has 8 heteroatoms. The third kappa shape index (κ3) is 3.76. The number of ketones is 1. The van der Waals surface area contributed by atoms with Gasteiger partial charge in [0.05, 0.1) is 19.0 Å². The number of carbonyl (C=O) groups is 1. The second-order valence-corrected chi connectivity index (χ2v) is 7.32. The van der Waals surface area contributed by atoms with Crippen LogP contribution in [0.1, 0.15) is 27.2 Å². The molecule has 20 heavy (non-hydrogen) atoms. The maximum atomic E-state index is 11.3. The molecule has 2 aliphatic rings. The summed E-state index contributed by atoms with van der Waals surface area (Å²) in [7, 11) is -3.55. The van der Waals surface area contributed by atoms with Crippen molar-refractivity contribution in [3.8, 4) is 0 Å². The lowest BCUT2D eigenvalue weighted by Gasteiger charge is -2.23. The monoisotopic (exact) mass is 308 g/mol. The van der Waals surface area contributed by atoms with Gasteiger partial charge in [0, 0.05) is 6.42 Å². The topological polar surface area (TPSA) is 88.1 Å². The van der Waals surface area contributed by atoms with Crippen LogP contribution in [0.15, 0.2) is 0 Å². The molecule has 0 bridgehead atoms. The zero-order chi connectivity index (χ0) is 15.1. The summed E-state index contributed by atoms with van der Waals surface area (Å²) in [4.78, 5) is 11.3. The van der Waals surface area contributed by atoms with Crippen LogP contribution in [0, 0.1) is 0 Å². The third-order valence-electron chi connectivity index (χ3n) is 3.18. The molecular formula is C12H20O7S. The van der Waals surface area contributed by atoms with Gasteiger partial charge in [0.15, 0.2) is 5.79 Å². The van der Waals surface area contributed by atoms with Gasteiger partial charge in [-0.3, -0.25) is 8.98 Å². The molecule has 0 aromatic carbocycles. The standard InChI is InChI=1S/C12H20O7S/c1-7(13)5-8-10-11(19-12(2,3)18-10)9(17-8)6-16-20(4,14)15/h8-11H,5-6H2,1-4H3/t8-,9+,10-,11+/m0/s1. The maximum absolute atomic E-state index is 11.3. The number of hydrogen-bond donors (Lipinski definition) is 0. The molecule has 0 aromatic heterocycles. The van der Waals surface area contributed by atoms with E-state index < -0.39 is 34.2 Å². The Kier molecular flexibility index (Phi) is 4.23. The largest absolute Gasteiger partial charge is 0.366 e. The van der Waals surface area contributed by atoms with Crippen molar-refractivity contribution in [1.82, 2.24) is 0 Å². The van der Waals surface area contributed by atoms with E-state index in [4.69, 9.17) is 18.4 Å². The molecule has 0 N–H and O–H groups in total. The third-order valence-corrected chi connectivity index (χ3v) is 3.75. The molecule has 0 aliphatic carbocycles. The maximum Gasteiger partial charge on any atom is 0.264 e. The Morgan fingerprint density at radius 3 is 2.25 bits per heavy atom. The number of ether oxygens (including phenoxy) is 3. The number of hydrogen-bond acceptors (Lipinski definition) is 7. The first-order valence-corrected chi connectivity index (χ1v) is 8.24. The van der Waals surface area contributed by atoms with E-state index in [1.165, 1.54) is 6.92 Å². The first-order valence-electron chi connectivity index (χ1n) is 6.42. The van der Waals surface area contributed by atoms with E-state index in [1.54, 1.807) is 13.8 Å². The Balaban J connectivity index is 2.08. The van der Waals surface area contributed by atoms with E-state index in [0.717, 1.165) is 6.26 Å². The van der Waals surface area contributed by atoms with Crippen LogP contribution < -0.4 is 0 Å². The van der Waals surface area contributed by atoms with Gasteiger partial charge in [-0.1, -0.05) is 0 Å². The molecule has 2 fully saturated rings. The van der Waals surface area contributed by atoms with E-state index >= 15 is 0 Å². The van der Waals surface area contributed by atoms with Crippen LogP contribution in [0.4, 0.5) is 0 Å². The highest BCUT2D eigenvalue weighted by molar-refractivity contribution is 7.85. The predicted octanol–water partition coefficient (Wildman–Crippen LogP) is 0.229. The molecule has 2 heterocycles. The molecule has 0 amide bonds. The molecule has 2 aliphatic heterocycles. The highest BCUT2D eigenvalue weighted by Crippen LogP contribution is 2.39. The zero-order valence-corrected chi connectivity index (χ0v) is 12.8. The lowest BCUT2D eigenvalue weighted by Crippen LogP contribution is -2.33. The van der Waals surface area contributed by atoms with Crippen LogP contribution in [0.5, 0.6) is 0 Å². The molecule has 7 nitrogen and oxygen atoms in total. The van der Waals surface area contributed by atoms with E-state index in [2.05, 4.69) is 0 Å². The summed E-state index contributed by atoms with van der Waals surface area (Å²) in [6.45, 7) is 4.86. The Bertz CT molecular complexity index is 484. The van der Waals surface area contributed by atoms with Crippen molar-refractivity contribution in [1.29, 1.82) is 0 Å². The summed E-state index contributed by atoms with van der Waals surface area (Å²) >= 11 is 0. The molecule has 0 unspecified atom stereocenters. The molecule has 0 radical (unpaired) electrons. The Hall–Kier alpha value is -0.540. The fourth-order valence-corrected chi connectivity index (χ4v) is 2.93. The van der Waals surface area contributed by atoms with Crippen molar-refractivity contribution in [2.75, 3.05) is 12.9 Å². The Labute approximate surface area is 118 Å². The average molecular weight is 308 g/mol. The van der Waals surface area contributed by atoms with Crippen molar-refractivity contribution >= 4 is 15.9 Å². The van der Waals surface area contributed by atoms with Gasteiger partial charge in [-0.15, -0.1) is 0 Å². The fourth-order valence-electron chi connectivity index (χ4n) is 2.54.